The number of benzene rings is 1. The molecule has 0 aliphatic heterocycles. The smallest absolute Gasteiger partial charge is 0.253 e. The monoisotopic (exact) mass is 312 g/mol. The van der Waals surface area contributed by atoms with Crippen molar-refractivity contribution in [1.29, 1.82) is 0 Å². The molecule has 20 heavy (non-hydrogen) atoms. The van der Waals surface area contributed by atoms with Gasteiger partial charge in [-0.05, 0) is 12.5 Å². The molecule has 0 saturated heterocycles. The number of unbranched alkanes of at least 4 members (excludes halogenated alkanes) is 1. The zero-order valence-electron chi connectivity index (χ0n) is 11.6. The second kappa shape index (κ2) is 8.25. The van der Waals surface area contributed by atoms with E-state index in [1.165, 1.54) is 0 Å². The van der Waals surface area contributed by atoms with Gasteiger partial charge < -0.3 is 11.1 Å². The quantitative estimate of drug-likeness (QED) is 0.856. The molecular formula is C15H21ClN2OS. The van der Waals surface area contributed by atoms with Crippen LogP contribution in [0.3, 0.4) is 0 Å². The molecule has 1 unspecified atom stereocenters. The summed E-state index contributed by atoms with van der Waals surface area (Å²) in [6, 6.07) is 8.05. The van der Waals surface area contributed by atoms with Gasteiger partial charge in [-0.15, -0.1) is 23.7 Å². The minimum absolute atomic E-state index is 0. The Morgan fingerprint density at radius 3 is 2.85 bits per heavy atom. The van der Waals surface area contributed by atoms with Crippen molar-refractivity contribution in [3.8, 4) is 0 Å². The van der Waals surface area contributed by atoms with E-state index in [4.69, 9.17) is 5.73 Å². The van der Waals surface area contributed by atoms with Crippen molar-refractivity contribution in [3.63, 3.8) is 0 Å². The fourth-order valence-corrected chi connectivity index (χ4v) is 3.06. The van der Waals surface area contributed by atoms with E-state index in [0.29, 0.717) is 6.54 Å². The summed E-state index contributed by atoms with van der Waals surface area (Å²) in [5, 5.41) is 5.99. The van der Waals surface area contributed by atoms with Crippen LogP contribution in [-0.4, -0.2) is 18.5 Å². The number of fused-ring (bicyclic) bond motifs is 1. The van der Waals surface area contributed by atoms with Crippen molar-refractivity contribution < 1.29 is 4.79 Å². The molecule has 1 aromatic carbocycles. The lowest BCUT2D eigenvalue weighted by Crippen LogP contribution is -2.40. The van der Waals surface area contributed by atoms with Crippen LogP contribution >= 0.6 is 23.7 Å². The molecule has 2 aromatic rings. The van der Waals surface area contributed by atoms with Gasteiger partial charge in [0.1, 0.15) is 0 Å². The molecule has 3 N–H and O–H groups in total. The average molecular weight is 313 g/mol. The summed E-state index contributed by atoms with van der Waals surface area (Å²) in [5.41, 5.74) is 6.48. The Kier molecular flexibility index (Phi) is 6.99. The van der Waals surface area contributed by atoms with Crippen molar-refractivity contribution in [2.24, 2.45) is 5.73 Å². The Morgan fingerprint density at radius 2 is 2.15 bits per heavy atom. The van der Waals surface area contributed by atoms with Crippen molar-refractivity contribution in [2.45, 2.75) is 32.2 Å². The maximum atomic E-state index is 12.3. The molecule has 0 fully saturated rings. The van der Waals surface area contributed by atoms with Gasteiger partial charge >= 0.3 is 0 Å². The Hall–Kier alpha value is -1.10. The molecule has 5 heteroatoms. The molecule has 2 rings (SSSR count). The van der Waals surface area contributed by atoms with Crippen molar-refractivity contribution in [2.75, 3.05) is 6.54 Å². The largest absolute Gasteiger partial charge is 0.348 e. The van der Waals surface area contributed by atoms with Gasteiger partial charge in [0.15, 0.2) is 0 Å². The highest BCUT2D eigenvalue weighted by molar-refractivity contribution is 7.17. The summed E-state index contributed by atoms with van der Waals surface area (Å²) in [5.74, 6) is -0.0102. The predicted molar refractivity (Wildman–Crippen MR) is 88.9 cm³/mol. The van der Waals surface area contributed by atoms with Crippen LogP contribution in [0.4, 0.5) is 0 Å². The van der Waals surface area contributed by atoms with E-state index in [0.717, 1.165) is 34.9 Å². The fourth-order valence-electron chi connectivity index (χ4n) is 2.12. The molecule has 1 aromatic heterocycles. The van der Waals surface area contributed by atoms with Crippen molar-refractivity contribution in [3.05, 3.63) is 35.2 Å². The van der Waals surface area contributed by atoms with Crippen LogP contribution in [0, 0.1) is 0 Å². The average Bonchev–Trinajstić information content (AvgIpc) is 2.87. The Labute approximate surface area is 130 Å². The molecule has 1 heterocycles. The van der Waals surface area contributed by atoms with E-state index in [-0.39, 0.29) is 24.4 Å². The molecule has 110 valence electrons. The first-order valence-electron chi connectivity index (χ1n) is 6.73. The van der Waals surface area contributed by atoms with Gasteiger partial charge in [-0.2, -0.15) is 0 Å². The number of nitrogens with two attached hydrogens (primary N) is 1. The van der Waals surface area contributed by atoms with Gasteiger partial charge in [0.05, 0.1) is 5.56 Å². The van der Waals surface area contributed by atoms with Crippen LogP contribution in [0.2, 0.25) is 0 Å². The van der Waals surface area contributed by atoms with Gasteiger partial charge in [-0.25, -0.2) is 0 Å². The highest BCUT2D eigenvalue weighted by atomic mass is 35.5. The van der Waals surface area contributed by atoms with E-state index in [2.05, 4.69) is 12.2 Å². The van der Waals surface area contributed by atoms with E-state index < -0.39 is 0 Å². The van der Waals surface area contributed by atoms with Crippen LogP contribution in [0.5, 0.6) is 0 Å². The van der Waals surface area contributed by atoms with E-state index in [9.17, 15) is 4.79 Å². The summed E-state index contributed by atoms with van der Waals surface area (Å²) < 4.78 is 1.14. The molecule has 0 saturated carbocycles. The maximum Gasteiger partial charge on any atom is 0.253 e. The molecule has 0 aliphatic carbocycles. The Morgan fingerprint density at radius 1 is 1.40 bits per heavy atom. The highest BCUT2D eigenvalue weighted by Crippen LogP contribution is 2.25. The van der Waals surface area contributed by atoms with Crippen LogP contribution in [0.15, 0.2) is 29.6 Å². The first-order valence-corrected chi connectivity index (χ1v) is 7.61. The number of rotatable bonds is 6. The number of amides is 1. The second-order valence-electron chi connectivity index (χ2n) is 4.69. The topological polar surface area (TPSA) is 55.1 Å². The zero-order chi connectivity index (χ0) is 13.7. The van der Waals surface area contributed by atoms with Gasteiger partial charge in [-0.3, -0.25) is 4.79 Å². The molecule has 1 amide bonds. The van der Waals surface area contributed by atoms with Gasteiger partial charge in [-0.1, -0.05) is 38.0 Å². The third-order valence-corrected chi connectivity index (χ3v) is 4.21. The number of thiophene rings is 1. The molecular weight excluding hydrogens is 292 g/mol. The number of hydrogen-bond donors (Lipinski definition) is 2. The van der Waals surface area contributed by atoms with Gasteiger partial charge in [0.25, 0.3) is 5.91 Å². The number of carbonyl (C=O) groups excluding carboxylic acids is 1. The Bertz CT molecular complexity index is 556. The van der Waals surface area contributed by atoms with Crippen LogP contribution in [0.1, 0.15) is 36.5 Å². The standard InChI is InChI=1S/C15H20N2OS.ClH/c1-2-3-6-11(9-16)17-15(18)13-10-19-14-8-5-4-7-12(13)14;/h4-5,7-8,10-11H,2-3,6,9,16H2,1H3,(H,17,18);1H. The second-order valence-corrected chi connectivity index (χ2v) is 5.61. The third kappa shape index (κ3) is 3.95. The lowest BCUT2D eigenvalue weighted by Gasteiger charge is -2.16. The van der Waals surface area contributed by atoms with Crippen molar-refractivity contribution >= 4 is 39.7 Å². The fraction of sp³-hybridized carbons (Fsp3) is 0.400. The molecule has 0 spiro atoms. The molecule has 0 bridgehead atoms. The van der Waals surface area contributed by atoms with E-state index >= 15 is 0 Å². The molecule has 0 aliphatic rings. The molecule has 3 nitrogen and oxygen atoms in total. The summed E-state index contributed by atoms with van der Waals surface area (Å²) in [4.78, 5) is 12.3. The normalized spacial score (nSPS) is 11.9. The van der Waals surface area contributed by atoms with Crippen LogP contribution in [-0.2, 0) is 0 Å². The SMILES string of the molecule is CCCCC(CN)NC(=O)c1csc2ccccc12.Cl. The zero-order valence-corrected chi connectivity index (χ0v) is 13.2. The van der Waals surface area contributed by atoms with Crippen molar-refractivity contribution in [1.82, 2.24) is 5.32 Å². The third-order valence-electron chi connectivity index (χ3n) is 3.25. The van der Waals surface area contributed by atoms with Gasteiger partial charge in [0, 0.05) is 28.1 Å². The molecule has 1 atom stereocenters. The lowest BCUT2D eigenvalue weighted by molar-refractivity contribution is 0.0938. The van der Waals surface area contributed by atoms with E-state index in [1.807, 2.05) is 29.6 Å². The van der Waals surface area contributed by atoms with E-state index in [1.54, 1.807) is 11.3 Å². The minimum Gasteiger partial charge on any atom is -0.348 e. The highest BCUT2D eigenvalue weighted by Gasteiger charge is 2.15. The maximum absolute atomic E-state index is 12.3. The summed E-state index contributed by atoms with van der Waals surface area (Å²) in [6.07, 6.45) is 3.15. The summed E-state index contributed by atoms with van der Waals surface area (Å²) in [7, 11) is 0. The van der Waals surface area contributed by atoms with Crippen LogP contribution in [0.25, 0.3) is 10.1 Å². The van der Waals surface area contributed by atoms with Crippen LogP contribution < -0.4 is 11.1 Å². The Balaban J connectivity index is 0.00000200. The summed E-state index contributed by atoms with van der Waals surface area (Å²) in [6.45, 7) is 2.63. The first-order chi connectivity index (χ1) is 9.26. The number of halogens is 1. The molecule has 0 radical (unpaired) electrons. The number of carbonyl (C=O) groups is 1. The minimum atomic E-state index is -0.0102. The number of hydrogen-bond acceptors (Lipinski definition) is 3. The predicted octanol–water partition coefficient (Wildman–Crippen LogP) is 3.57. The lowest BCUT2D eigenvalue weighted by atomic mass is 10.1. The number of nitrogens with one attached hydrogen (secondary N) is 1. The first kappa shape index (κ1) is 17.0. The summed E-state index contributed by atoms with van der Waals surface area (Å²) >= 11 is 1.60. The van der Waals surface area contributed by atoms with Gasteiger partial charge in [0.2, 0.25) is 0 Å².